The van der Waals surface area contributed by atoms with Crippen molar-refractivity contribution in [2.45, 2.75) is 45.2 Å². The number of halogens is 1. The lowest BCUT2D eigenvalue weighted by Crippen LogP contribution is -2.44. The molecule has 1 aliphatic carbocycles. The van der Waals surface area contributed by atoms with Gasteiger partial charge in [-0.1, -0.05) is 11.6 Å². The van der Waals surface area contributed by atoms with Gasteiger partial charge < -0.3 is 15.4 Å². The summed E-state index contributed by atoms with van der Waals surface area (Å²) in [4.78, 5) is 4.70. The summed E-state index contributed by atoms with van der Waals surface area (Å²) in [5.74, 6) is 1.61. The Morgan fingerprint density at radius 1 is 1.45 bits per heavy atom. The Balaban J connectivity index is 1.96. The van der Waals surface area contributed by atoms with E-state index in [1.165, 1.54) is 19.3 Å². The molecule has 1 heterocycles. The van der Waals surface area contributed by atoms with Crippen molar-refractivity contribution in [3.63, 3.8) is 0 Å². The van der Waals surface area contributed by atoms with E-state index in [2.05, 4.69) is 17.6 Å². The van der Waals surface area contributed by atoms with Gasteiger partial charge in [-0.25, -0.2) is 4.99 Å². The second-order valence-electron chi connectivity index (χ2n) is 5.53. The third kappa shape index (κ3) is 2.22. The monoisotopic (exact) mass is 293 g/mol. The maximum atomic E-state index is 6.28. The summed E-state index contributed by atoms with van der Waals surface area (Å²) in [5, 5.41) is 7.55. The summed E-state index contributed by atoms with van der Waals surface area (Å²) in [5.41, 5.74) is 3.17. The van der Waals surface area contributed by atoms with Crippen molar-refractivity contribution < 1.29 is 4.74 Å². The second-order valence-corrected chi connectivity index (χ2v) is 5.93. The topological polar surface area (TPSA) is 45.6 Å². The molecule has 108 valence electrons. The molecular weight excluding hydrogens is 274 g/mol. The minimum Gasteiger partial charge on any atom is -0.495 e. The fourth-order valence-electron chi connectivity index (χ4n) is 2.78. The van der Waals surface area contributed by atoms with E-state index in [0.29, 0.717) is 6.04 Å². The molecule has 3 rings (SSSR count). The van der Waals surface area contributed by atoms with E-state index in [1.54, 1.807) is 7.11 Å². The molecule has 1 saturated carbocycles. The fourth-order valence-corrected chi connectivity index (χ4v) is 2.99. The summed E-state index contributed by atoms with van der Waals surface area (Å²) in [6.45, 7) is 4.11. The molecule has 5 heteroatoms. The van der Waals surface area contributed by atoms with Gasteiger partial charge in [0.25, 0.3) is 0 Å². The molecule has 0 radical (unpaired) electrons. The summed E-state index contributed by atoms with van der Waals surface area (Å²) in [7, 11) is 1.67. The van der Waals surface area contributed by atoms with Gasteiger partial charge >= 0.3 is 0 Å². The van der Waals surface area contributed by atoms with E-state index in [9.17, 15) is 0 Å². The number of guanidine groups is 1. The van der Waals surface area contributed by atoms with Gasteiger partial charge in [0, 0.05) is 22.7 Å². The number of nitrogens with one attached hydrogen (secondary N) is 2. The minimum absolute atomic E-state index is 0.0708. The lowest BCUT2D eigenvalue weighted by atomic mass is 9.93. The summed E-state index contributed by atoms with van der Waals surface area (Å²) >= 11 is 6.28. The molecule has 0 spiro atoms. The molecule has 2 N–H and O–H groups in total. The minimum atomic E-state index is 0.0708. The summed E-state index contributed by atoms with van der Waals surface area (Å²) in [6.07, 6.45) is 3.74. The number of benzene rings is 1. The van der Waals surface area contributed by atoms with Crippen LogP contribution in [0.4, 0.5) is 5.69 Å². The predicted molar refractivity (Wildman–Crippen MR) is 83.0 cm³/mol. The third-order valence-electron chi connectivity index (χ3n) is 4.19. The Kier molecular flexibility index (Phi) is 3.50. The van der Waals surface area contributed by atoms with Crippen molar-refractivity contribution in [2.75, 3.05) is 12.4 Å². The van der Waals surface area contributed by atoms with Crippen molar-refractivity contribution >= 4 is 23.2 Å². The third-order valence-corrected chi connectivity index (χ3v) is 4.58. The zero-order chi connectivity index (χ0) is 14.3. The first-order valence-corrected chi connectivity index (χ1v) is 7.46. The smallest absolute Gasteiger partial charge is 0.196 e. The van der Waals surface area contributed by atoms with Gasteiger partial charge in [-0.15, -0.1) is 0 Å². The van der Waals surface area contributed by atoms with Crippen LogP contribution in [0.5, 0.6) is 5.75 Å². The lowest BCUT2D eigenvalue weighted by Gasteiger charge is -2.32. The standard InChI is InChI=1S/C15H20ClN3O/c1-8-11(16)7-12(20-3)14-13(8)9(2)17-15(19-14)18-10-5-4-6-10/h7,9-10H,4-6H2,1-3H3,(H2,17,18,19). The van der Waals surface area contributed by atoms with Crippen LogP contribution in [0, 0.1) is 6.92 Å². The van der Waals surface area contributed by atoms with Crippen LogP contribution in [-0.4, -0.2) is 19.1 Å². The van der Waals surface area contributed by atoms with Crippen molar-refractivity contribution in [2.24, 2.45) is 4.99 Å². The number of rotatable bonds is 2. The van der Waals surface area contributed by atoms with E-state index in [1.807, 2.05) is 13.0 Å². The van der Waals surface area contributed by atoms with E-state index < -0.39 is 0 Å². The molecule has 1 aliphatic heterocycles. The van der Waals surface area contributed by atoms with Crippen molar-refractivity contribution in [1.29, 1.82) is 0 Å². The average molecular weight is 294 g/mol. The number of nitrogens with zero attached hydrogens (tertiary/aromatic N) is 1. The van der Waals surface area contributed by atoms with Crippen molar-refractivity contribution in [3.05, 3.63) is 22.2 Å². The molecule has 1 aromatic rings. The van der Waals surface area contributed by atoms with Crippen LogP contribution < -0.4 is 15.4 Å². The molecule has 1 aromatic carbocycles. The largest absolute Gasteiger partial charge is 0.495 e. The van der Waals surface area contributed by atoms with Gasteiger partial charge in [-0.05, 0) is 38.7 Å². The van der Waals surface area contributed by atoms with Crippen LogP contribution in [0.2, 0.25) is 5.02 Å². The highest BCUT2D eigenvalue weighted by molar-refractivity contribution is 6.31. The molecule has 1 fully saturated rings. The maximum Gasteiger partial charge on any atom is 0.196 e. The number of anilines is 1. The van der Waals surface area contributed by atoms with Crippen LogP contribution in [0.3, 0.4) is 0 Å². The van der Waals surface area contributed by atoms with Crippen LogP contribution in [0.15, 0.2) is 11.1 Å². The van der Waals surface area contributed by atoms with Crippen LogP contribution in [0.1, 0.15) is 43.4 Å². The summed E-state index contributed by atoms with van der Waals surface area (Å²) < 4.78 is 5.46. The first kappa shape index (κ1) is 13.6. The molecule has 2 aliphatic rings. The summed E-state index contributed by atoms with van der Waals surface area (Å²) in [6, 6.07) is 2.48. The number of methoxy groups -OCH3 is 1. The number of aliphatic imine (C=N–C) groups is 1. The molecule has 1 unspecified atom stereocenters. The van der Waals surface area contributed by atoms with Gasteiger partial charge in [0.15, 0.2) is 5.96 Å². The van der Waals surface area contributed by atoms with Crippen molar-refractivity contribution in [3.8, 4) is 5.75 Å². The highest BCUT2D eigenvalue weighted by atomic mass is 35.5. The highest BCUT2D eigenvalue weighted by Crippen LogP contribution is 2.42. The van der Waals surface area contributed by atoms with Crippen molar-refractivity contribution in [1.82, 2.24) is 5.32 Å². The predicted octanol–water partition coefficient (Wildman–Crippen LogP) is 3.64. The zero-order valence-electron chi connectivity index (χ0n) is 12.1. The SMILES string of the molecule is COc1cc(Cl)c(C)c2c1NC(NC1CCC1)=NC2C. The molecule has 0 saturated heterocycles. The first-order chi connectivity index (χ1) is 9.60. The number of hydrogen-bond acceptors (Lipinski definition) is 4. The molecule has 0 bridgehead atoms. The van der Waals surface area contributed by atoms with Crippen LogP contribution in [-0.2, 0) is 0 Å². The molecule has 4 nitrogen and oxygen atoms in total. The molecule has 20 heavy (non-hydrogen) atoms. The normalized spacial score (nSPS) is 21.4. The van der Waals surface area contributed by atoms with E-state index in [-0.39, 0.29) is 6.04 Å². The van der Waals surface area contributed by atoms with Crippen LogP contribution in [0.25, 0.3) is 0 Å². The second kappa shape index (κ2) is 5.17. The number of ether oxygens (including phenoxy) is 1. The fraction of sp³-hybridized carbons (Fsp3) is 0.533. The number of hydrogen-bond donors (Lipinski definition) is 2. The number of fused-ring (bicyclic) bond motifs is 1. The first-order valence-electron chi connectivity index (χ1n) is 7.08. The van der Waals surface area contributed by atoms with E-state index in [4.69, 9.17) is 21.3 Å². The molecular formula is C15H20ClN3O. The Morgan fingerprint density at radius 3 is 2.80 bits per heavy atom. The van der Waals surface area contributed by atoms with Crippen LogP contribution >= 0.6 is 11.6 Å². The average Bonchev–Trinajstić information content (AvgIpc) is 2.37. The zero-order valence-corrected chi connectivity index (χ0v) is 12.8. The maximum absolute atomic E-state index is 6.28. The van der Waals surface area contributed by atoms with Gasteiger partial charge in [0.2, 0.25) is 0 Å². The lowest BCUT2D eigenvalue weighted by molar-refractivity contribution is 0.382. The molecule has 0 amide bonds. The quantitative estimate of drug-likeness (QED) is 0.875. The Morgan fingerprint density at radius 2 is 2.20 bits per heavy atom. The Labute approximate surface area is 124 Å². The van der Waals surface area contributed by atoms with E-state index >= 15 is 0 Å². The Hall–Kier alpha value is -1.42. The Bertz CT molecular complexity index is 567. The van der Waals surface area contributed by atoms with Gasteiger partial charge in [0.1, 0.15) is 5.75 Å². The molecule has 0 aromatic heterocycles. The molecule has 1 atom stereocenters. The van der Waals surface area contributed by atoms with Gasteiger partial charge in [-0.3, -0.25) is 0 Å². The van der Waals surface area contributed by atoms with E-state index in [0.717, 1.165) is 33.5 Å². The van der Waals surface area contributed by atoms with Gasteiger partial charge in [0.05, 0.1) is 18.8 Å². The highest BCUT2D eigenvalue weighted by Gasteiger charge is 2.27. The van der Waals surface area contributed by atoms with Gasteiger partial charge in [-0.2, -0.15) is 0 Å².